The van der Waals surface area contributed by atoms with E-state index in [4.69, 9.17) is 11.6 Å². The van der Waals surface area contributed by atoms with Crippen LogP contribution in [0, 0.1) is 0 Å². The van der Waals surface area contributed by atoms with Crippen LogP contribution in [0.5, 0.6) is 0 Å². The maximum atomic E-state index is 13.1. The average molecular weight is 492 g/mol. The number of alkyl halides is 3. The number of halogens is 4. The van der Waals surface area contributed by atoms with E-state index in [2.05, 4.69) is 10.6 Å². The van der Waals surface area contributed by atoms with E-state index >= 15 is 0 Å². The van der Waals surface area contributed by atoms with Crippen molar-refractivity contribution in [3.05, 3.63) is 58.6 Å². The molecule has 0 spiro atoms. The number of carbonyl (C=O) groups excluding carboxylic acids is 2. The first-order chi connectivity index (χ1) is 14.7. The fourth-order valence-corrected chi connectivity index (χ4v) is 3.84. The first-order valence-electron chi connectivity index (χ1n) is 9.24. The second kappa shape index (κ2) is 9.78. The fourth-order valence-electron chi connectivity index (χ4n) is 2.71. The van der Waals surface area contributed by atoms with E-state index in [0.717, 1.165) is 12.3 Å². The van der Waals surface area contributed by atoms with E-state index in [0.29, 0.717) is 16.4 Å². The van der Waals surface area contributed by atoms with Crippen LogP contribution in [0.15, 0.2) is 42.5 Å². The smallest absolute Gasteiger partial charge is 0.350 e. The van der Waals surface area contributed by atoms with Crippen molar-refractivity contribution in [2.75, 3.05) is 22.4 Å². The van der Waals surface area contributed by atoms with E-state index in [-0.39, 0.29) is 22.3 Å². The molecule has 2 rings (SSSR count). The minimum atomic E-state index is -4.74. The van der Waals surface area contributed by atoms with E-state index < -0.39 is 45.8 Å². The van der Waals surface area contributed by atoms with Crippen LogP contribution in [0.25, 0.3) is 0 Å². The number of sulfonamides is 1. The number of hydrogen-bond acceptors (Lipinski definition) is 4. The van der Waals surface area contributed by atoms with Gasteiger partial charge in [0, 0.05) is 6.04 Å². The molecule has 0 aliphatic heterocycles. The molecule has 2 N–H and O–H groups in total. The lowest BCUT2D eigenvalue weighted by Gasteiger charge is -2.24. The van der Waals surface area contributed by atoms with Crippen molar-refractivity contribution in [1.29, 1.82) is 0 Å². The highest BCUT2D eigenvalue weighted by atomic mass is 35.5. The van der Waals surface area contributed by atoms with Crippen molar-refractivity contribution >= 4 is 44.8 Å². The largest absolute Gasteiger partial charge is 0.416 e. The van der Waals surface area contributed by atoms with Crippen LogP contribution in [0.2, 0.25) is 5.02 Å². The van der Waals surface area contributed by atoms with Crippen LogP contribution in [0.4, 0.5) is 24.5 Å². The first-order valence-corrected chi connectivity index (χ1v) is 11.5. The number of para-hydroxylation sites is 1. The molecular weight excluding hydrogens is 471 g/mol. The van der Waals surface area contributed by atoms with E-state index in [1.807, 2.05) is 0 Å². The van der Waals surface area contributed by atoms with Crippen LogP contribution < -0.4 is 14.9 Å². The molecule has 0 radical (unpaired) electrons. The molecule has 0 heterocycles. The summed E-state index contributed by atoms with van der Waals surface area (Å²) in [5, 5.41) is 4.82. The van der Waals surface area contributed by atoms with E-state index in [1.165, 1.54) is 12.1 Å². The lowest BCUT2D eigenvalue weighted by atomic mass is 10.1. The minimum Gasteiger partial charge on any atom is -0.350 e. The van der Waals surface area contributed by atoms with Crippen molar-refractivity contribution in [2.24, 2.45) is 0 Å². The normalized spacial score (nSPS) is 11.9. The van der Waals surface area contributed by atoms with E-state index in [9.17, 15) is 31.2 Å². The molecule has 2 aromatic rings. The summed E-state index contributed by atoms with van der Waals surface area (Å²) in [4.78, 5) is 25.0. The van der Waals surface area contributed by atoms with Crippen LogP contribution in [0.3, 0.4) is 0 Å². The summed E-state index contributed by atoms with van der Waals surface area (Å²) in [5.74, 6) is -1.34. The number of amides is 2. The first kappa shape index (κ1) is 25.5. The molecule has 2 aromatic carbocycles. The summed E-state index contributed by atoms with van der Waals surface area (Å²) in [5.41, 5.74) is -1.37. The van der Waals surface area contributed by atoms with E-state index in [1.54, 1.807) is 26.0 Å². The minimum absolute atomic E-state index is 0.110. The molecule has 0 saturated carbocycles. The zero-order valence-electron chi connectivity index (χ0n) is 17.3. The van der Waals surface area contributed by atoms with Gasteiger partial charge in [-0.05, 0) is 44.2 Å². The third kappa shape index (κ3) is 6.60. The van der Waals surface area contributed by atoms with Crippen molar-refractivity contribution in [2.45, 2.75) is 26.1 Å². The molecule has 0 saturated heterocycles. The molecule has 0 atom stereocenters. The summed E-state index contributed by atoms with van der Waals surface area (Å²) < 4.78 is 64.3. The Morgan fingerprint density at radius 2 is 1.75 bits per heavy atom. The van der Waals surface area contributed by atoms with Crippen LogP contribution in [-0.2, 0) is 21.0 Å². The standard InChI is InChI=1S/C20H21ClF3N3O4S/c1-12(2)25-19(29)14-6-4-5-7-16(14)26-18(28)11-27(32(3,30)31)17-10-13(20(22,23)24)8-9-15(17)21/h4-10,12H,11H2,1-3H3,(H,25,29)(H,26,28). The zero-order valence-corrected chi connectivity index (χ0v) is 18.9. The molecular formula is C20H21ClF3N3O4S. The Hall–Kier alpha value is -2.79. The molecule has 32 heavy (non-hydrogen) atoms. The molecule has 174 valence electrons. The van der Waals surface area contributed by atoms with Crippen molar-refractivity contribution in [3.63, 3.8) is 0 Å². The van der Waals surface area contributed by atoms with Crippen molar-refractivity contribution in [3.8, 4) is 0 Å². The van der Waals surface area contributed by atoms with Gasteiger partial charge >= 0.3 is 6.18 Å². The number of nitrogens with one attached hydrogen (secondary N) is 2. The van der Waals surface area contributed by atoms with Crippen molar-refractivity contribution < 1.29 is 31.2 Å². The maximum Gasteiger partial charge on any atom is 0.416 e. The van der Waals surface area contributed by atoms with Gasteiger partial charge in [-0.25, -0.2) is 8.42 Å². The van der Waals surface area contributed by atoms with Gasteiger partial charge in [0.2, 0.25) is 15.9 Å². The number of benzene rings is 2. The second-order valence-electron chi connectivity index (χ2n) is 7.16. The fraction of sp³-hybridized carbons (Fsp3) is 0.300. The summed E-state index contributed by atoms with van der Waals surface area (Å²) in [6, 6.07) is 8.03. The van der Waals surface area contributed by atoms with Crippen molar-refractivity contribution in [1.82, 2.24) is 5.32 Å². The highest BCUT2D eigenvalue weighted by molar-refractivity contribution is 7.92. The number of nitrogens with zero attached hydrogens (tertiary/aromatic N) is 1. The third-order valence-corrected chi connectivity index (χ3v) is 5.54. The van der Waals surface area contributed by atoms with Gasteiger partial charge in [0.1, 0.15) is 6.54 Å². The molecule has 12 heteroatoms. The van der Waals surface area contributed by atoms with Gasteiger partial charge in [-0.2, -0.15) is 13.2 Å². The summed E-state index contributed by atoms with van der Waals surface area (Å²) in [6.07, 6.45) is -4.01. The van der Waals surface area contributed by atoms with Gasteiger partial charge < -0.3 is 10.6 Å². The van der Waals surface area contributed by atoms with Gasteiger partial charge in [-0.3, -0.25) is 13.9 Å². The molecule has 0 unspecified atom stereocenters. The Kier molecular flexibility index (Phi) is 7.79. The lowest BCUT2D eigenvalue weighted by molar-refractivity contribution is -0.137. The van der Waals surface area contributed by atoms with Crippen LogP contribution in [0.1, 0.15) is 29.8 Å². The van der Waals surface area contributed by atoms with Gasteiger partial charge in [-0.15, -0.1) is 0 Å². The highest BCUT2D eigenvalue weighted by Gasteiger charge is 2.33. The lowest BCUT2D eigenvalue weighted by Crippen LogP contribution is -2.38. The topological polar surface area (TPSA) is 95.6 Å². The number of rotatable bonds is 7. The predicted molar refractivity (Wildman–Crippen MR) is 116 cm³/mol. The molecule has 7 nitrogen and oxygen atoms in total. The Labute approximate surface area is 188 Å². The summed E-state index contributed by atoms with van der Waals surface area (Å²) in [6.45, 7) is 2.64. The Morgan fingerprint density at radius 3 is 2.31 bits per heavy atom. The molecule has 0 aliphatic rings. The number of carbonyl (C=O) groups is 2. The Bertz CT molecular complexity index is 1120. The van der Waals surface area contributed by atoms with Gasteiger partial charge in [0.05, 0.1) is 33.8 Å². The molecule has 0 aromatic heterocycles. The quantitative estimate of drug-likeness (QED) is 0.614. The molecule has 0 fully saturated rings. The molecule has 0 aliphatic carbocycles. The highest BCUT2D eigenvalue weighted by Crippen LogP contribution is 2.36. The Morgan fingerprint density at radius 1 is 1.12 bits per heavy atom. The molecule has 0 bridgehead atoms. The maximum absolute atomic E-state index is 13.1. The zero-order chi connectivity index (χ0) is 24.3. The monoisotopic (exact) mass is 491 g/mol. The Balaban J connectivity index is 2.36. The molecule has 2 amide bonds. The van der Waals surface area contributed by atoms with Gasteiger partial charge in [0.25, 0.3) is 5.91 Å². The third-order valence-electron chi connectivity index (χ3n) is 4.10. The summed E-state index contributed by atoms with van der Waals surface area (Å²) in [7, 11) is -4.19. The van der Waals surface area contributed by atoms with Crippen LogP contribution >= 0.6 is 11.6 Å². The van der Waals surface area contributed by atoms with Gasteiger partial charge in [-0.1, -0.05) is 23.7 Å². The van der Waals surface area contributed by atoms with Gasteiger partial charge in [0.15, 0.2) is 0 Å². The summed E-state index contributed by atoms with van der Waals surface area (Å²) >= 11 is 5.95. The average Bonchev–Trinajstić information content (AvgIpc) is 2.65. The predicted octanol–water partition coefficient (Wildman–Crippen LogP) is 3.90. The SMILES string of the molecule is CC(C)NC(=O)c1ccccc1NC(=O)CN(c1cc(C(F)(F)F)ccc1Cl)S(C)(=O)=O. The number of anilines is 2. The second-order valence-corrected chi connectivity index (χ2v) is 9.47. The number of hydrogen-bond donors (Lipinski definition) is 2. The van der Waals surface area contributed by atoms with Crippen LogP contribution in [-0.4, -0.2) is 39.1 Å².